The molecule has 0 amide bonds. The summed E-state index contributed by atoms with van der Waals surface area (Å²) in [6.07, 6.45) is 28.2. The number of rotatable bonds is 24. The summed E-state index contributed by atoms with van der Waals surface area (Å²) in [5.74, 6) is -0.0156. The van der Waals surface area contributed by atoms with Crippen molar-refractivity contribution in [2.45, 2.75) is 148 Å². The molecule has 1 radical (unpaired) electrons. The van der Waals surface area contributed by atoms with Crippen molar-refractivity contribution < 1.29 is 14.3 Å². The zero-order chi connectivity index (χ0) is 21.3. The first-order chi connectivity index (χ1) is 14.3. The van der Waals surface area contributed by atoms with Crippen molar-refractivity contribution >= 4 is 12.3 Å². The summed E-state index contributed by atoms with van der Waals surface area (Å²) in [5.41, 5.74) is 0. The van der Waals surface area contributed by atoms with Crippen LogP contribution < -0.4 is 0 Å². The van der Waals surface area contributed by atoms with Crippen LogP contribution in [-0.2, 0) is 14.3 Å². The van der Waals surface area contributed by atoms with Gasteiger partial charge in [-0.05, 0) is 19.3 Å². The maximum Gasteiger partial charge on any atom is 0.305 e. The van der Waals surface area contributed by atoms with Gasteiger partial charge in [0.1, 0.15) is 0 Å². The van der Waals surface area contributed by atoms with Gasteiger partial charge in [0.25, 0.3) is 0 Å². The second-order valence-electron chi connectivity index (χ2n) is 8.58. The summed E-state index contributed by atoms with van der Waals surface area (Å²) >= 11 is 0. The molecule has 0 bridgehead atoms. The summed E-state index contributed by atoms with van der Waals surface area (Å²) in [6.45, 7) is 2.85. The van der Waals surface area contributed by atoms with Gasteiger partial charge in [0, 0.05) is 12.8 Å². The van der Waals surface area contributed by atoms with Crippen molar-refractivity contribution in [2.24, 2.45) is 0 Å². The van der Waals surface area contributed by atoms with Gasteiger partial charge < -0.3 is 4.74 Å². The Kier molecular flexibility index (Phi) is 24.4. The molecule has 0 fully saturated rings. The molecule has 3 heteroatoms. The second-order valence-corrected chi connectivity index (χ2v) is 8.58. The Balaban J connectivity index is 3.14. The van der Waals surface area contributed by atoms with Gasteiger partial charge in [-0.1, -0.05) is 116 Å². The Morgan fingerprint density at radius 2 is 1.00 bits per heavy atom. The van der Waals surface area contributed by atoms with Crippen LogP contribution in [0.1, 0.15) is 148 Å². The third-order valence-electron chi connectivity index (χ3n) is 5.67. The van der Waals surface area contributed by atoms with Crippen LogP contribution in [-0.4, -0.2) is 18.9 Å². The first kappa shape index (κ1) is 28.1. The van der Waals surface area contributed by atoms with Crippen LogP contribution in [0.2, 0.25) is 0 Å². The van der Waals surface area contributed by atoms with Crippen LogP contribution in [0.25, 0.3) is 0 Å². The molecular formula is C26H49O3. The van der Waals surface area contributed by atoms with Crippen LogP contribution in [0.4, 0.5) is 0 Å². The number of hydrogen-bond acceptors (Lipinski definition) is 3. The largest absolute Gasteiger partial charge is 0.466 e. The van der Waals surface area contributed by atoms with E-state index in [4.69, 9.17) is 4.74 Å². The molecule has 0 spiro atoms. The van der Waals surface area contributed by atoms with Gasteiger partial charge in [-0.25, -0.2) is 0 Å². The van der Waals surface area contributed by atoms with E-state index in [1.807, 2.05) is 6.29 Å². The highest BCUT2D eigenvalue weighted by atomic mass is 16.5. The van der Waals surface area contributed by atoms with Crippen LogP contribution in [0.15, 0.2) is 0 Å². The van der Waals surface area contributed by atoms with Crippen LogP contribution in [0.5, 0.6) is 0 Å². The zero-order valence-electron chi connectivity index (χ0n) is 19.5. The van der Waals surface area contributed by atoms with Gasteiger partial charge in [0.2, 0.25) is 0 Å². The third kappa shape index (κ3) is 25.1. The molecule has 0 saturated carbocycles. The zero-order valence-corrected chi connectivity index (χ0v) is 19.5. The Labute approximate surface area is 181 Å². The molecule has 0 atom stereocenters. The number of carbonyl (C=O) groups is 1. The number of hydrogen-bond donors (Lipinski definition) is 0. The standard InChI is InChI=1S/C26H49O3/c1-2-3-4-5-6-7-8-9-10-11-14-17-20-23-26(28)29-25-22-19-16-13-12-15-18-21-24-27/h2-23,25H2,1H3. The minimum Gasteiger partial charge on any atom is -0.466 e. The fourth-order valence-corrected chi connectivity index (χ4v) is 3.73. The Hall–Kier alpha value is -0.860. The lowest BCUT2D eigenvalue weighted by molar-refractivity contribution is -0.143. The molecule has 29 heavy (non-hydrogen) atoms. The molecule has 0 saturated heterocycles. The Bertz CT molecular complexity index is 341. The molecule has 3 nitrogen and oxygen atoms in total. The number of ether oxygens (including phenoxy) is 1. The summed E-state index contributed by atoms with van der Waals surface area (Å²) in [5, 5.41) is 0. The van der Waals surface area contributed by atoms with Crippen molar-refractivity contribution in [2.75, 3.05) is 6.61 Å². The lowest BCUT2D eigenvalue weighted by atomic mass is 10.0. The van der Waals surface area contributed by atoms with E-state index >= 15 is 0 Å². The van der Waals surface area contributed by atoms with Crippen molar-refractivity contribution in [3.8, 4) is 0 Å². The van der Waals surface area contributed by atoms with Crippen molar-refractivity contribution in [3.05, 3.63) is 0 Å². The lowest BCUT2D eigenvalue weighted by Gasteiger charge is -2.05. The highest BCUT2D eigenvalue weighted by Gasteiger charge is 2.02. The SMILES string of the molecule is CCCCCCCCCCCCCCCC(=O)OCCCCCCCCC[C]=O. The summed E-state index contributed by atoms with van der Waals surface area (Å²) in [6, 6.07) is 0. The summed E-state index contributed by atoms with van der Waals surface area (Å²) in [4.78, 5) is 21.8. The van der Waals surface area contributed by atoms with E-state index < -0.39 is 0 Å². The first-order valence-corrected chi connectivity index (χ1v) is 12.8. The molecule has 0 aromatic rings. The van der Waals surface area contributed by atoms with Crippen molar-refractivity contribution in [3.63, 3.8) is 0 Å². The fourth-order valence-electron chi connectivity index (χ4n) is 3.73. The monoisotopic (exact) mass is 409 g/mol. The first-order valence-electron chi connectivity index (χ1n) is 12.8. The predicted octanol–water partition coefficient (Wildman–Crippen LogP) is 8.24. The molecule has 0 aliphatic heterocycles. The van der Waals surface area contributed by atoms with Crippen molar-refractivity contribution in [1.82, 2.24) is 0 Å². The van der Waals surface area contributed by atoms with Crippen LogP contribution in [0.3, 0.4) is 0 Å². The third-order valence-corrected chi connectivity index (χ3v) is 5.67. The van der Waals surface area contributed by atoms with E-state index in [-0.39, 0.29) is 5.97 Å². The predicted molar refractivity (Wildman–Crippen MR) is 124 cm³/mol. The van der Waals surface area contributed by atoms with Gasteiger partial charge in [-0.3, -0.25) is 9.59 Å². The summed E-state index contributed by atoms with van der Waals surface area (Å²) < 4.78 is 5.33. The normalized spacial score (nSPS) is 10.9. The Morgan fingerprint density at radius 1 is 0.586 bits per heavy atom. The maximum absolute atomic E-state index is 11.7. The molecule has 0 aliphatic rings. The van der Waals surface area contributed by atoms with E-state index in [2.05, 4.69) is 6.92 Å². The molecule has 0 N–H and O–H groups in total. The minimum atomic E-state index is -0.0156. The molecule has 0 heterocycles. The topological polar surface area (TPSA) is 43.4 Å². The second kappa shape index (κ2) is 25.2. The van der Waals surface area contributed by atoms with E-state index in [1.165, 1.54) is 89.9 Å². The van der Waals surface area contributed by atoms with Gasteiger partial charge >= 0.3 is 5.97 Å². The average Bonchev–Trinajstić information content (AvgIpc) is 2.72. The number of unbranched alkanes of at least 4 members (excludes halogenated alkanes) is 19. The van der Waals surface area contributed by atoms with E-state index in [1.54, 1.807) is 0 Å². The van der Waals surface area contributed by atoms with Crippen LogP contribution >= 0.6 is 0 Å². The molecule has 0 aliphatic carbocycles. The lowest BCUT2D eigenvalue weighted by Crippen LogP contribution is -2.05. The molecule has 171 valence electrons. The van der Waals surface area contributed by atoms with Gasteiger partial charge in [0.15, 0.2) is 6.29 Å². The van der Waals surface area contributed by atoms with Gasteiger partial charge in [0.05, 0.1) is 6.61 Å². The minimum absolute atomic E-state index is 0.0156. The van der Waals surface area contributed by atoms with E-state index in [0.717, 1.165) is 38.5 Å². The van der Waals surface area contributed by atoms with Crippen molar-refractivity contribution in [1.29, 1.82) is 0 Å². The quantitative estimate of drug-likeness (QED) is 0.119. The average molecular weight is 410 g/mol. The highest BCUT2D eigenvalue weighted by molar-refractivity contribution is 5.69. The fraction of sp³-hybridized carbons (Fsp3) is 0.923. The molecule has 0 rings (SSSR count). The number of esters is 1. The van der Waals surface area contributed by atoms with Gasteiger partial charge in [-0.2, -0.15) is 0 Å². The number of carbonyl (C=O) groups excluding carboxylic acids is 2. The molecule has 0 aromatic carbocycles. The van der Waals surface area contributed by atoms with E-state index in [0.29, 0.717) is 19.4 Å². The van der Waals surface area contributed by atoms with Crippen LogP contribution in [0, 0.1) is 0 Å². The maximum atomic E-state index is 11.7. The molecular weight excluding hydrogens is 360 g/mol. The highest BCUT2D eigenvalue weighted by Crippen LogP contribution is 2.13. The molecule has 0 aromatic heterocycles. The van der Waals surface area contributed by atoms with E-state index in [9.17, 15) is 9.59 Å². The molecule has 0 unspecified atom stereocenters. The Morgan fingerprint density at radius 3 is 1.48 bits per heavy atom. The smallest absolute Gasteiger partial charge is 0.305 e. The van der Waals surface area contributed by atoms with Gasteiger partial charge in [-0.15, -0.1) is 0 Å². The summed E-state index contributed by atoms with van der Waals surface area (Å²) in [7, 11) is 0.